The smallest absolute Gasteiger partial charge is 0.204 e. The van der Waals surface area contributed by atoms with E-state index in [2.05, 4.69) is 31.1 Å². The van der Waals surface area contributed by atoms with Gasteiger partial charge < -0.3 is 0 Å². The second-order valence-electron chi connectivity index (χ2n) is 3.67. The van der Waals surface area contributed by atoms with E-state index in [0.29, 0.717) is 6.42 Å². The van der Waals surface area contributed by atoms with Crippen molar-refractivity contribution in [3.63, 3.8) is 0 Å². The van der Waals surface area contributed by atoms with Crippen molar-refractivity contribution in [1.82, 2.24) is 0 Å². The van der Waals surface area contributed by atoms with Crippen LogP contribution >= 0.6 is 0 Å². The second kappa shape index (κ2) is 4.35. The first kappa shape index (κ1) is 10.4. The monoisotopic (exact) mass is 168 g/mol. The second-order valence-corrected chi connectivity index (χ2v) is 8.42. The topological polar surface area (TPSA) is 17.1 Å². The van der Waals surface area contributed by atoms with Crippen LogP contribution in [0.15, 0.2) is 0 Å². The molecule has 2 heteroatoms. The molecular weight excluding hydrogens is 152 g/mol. The third-order valence-corrected chi connectivity index (χ3v) is 1.93. The predicted octanol–water partition coefficient (Wildman–Crippen LogP) is 2.24. The molecule has 0 bridgehead atoms. The average molecular weight is 168 g/mol. The first-order valence-corrected chi connectivity index (χ1v) is 7.51. The van der Waals surface area contributed by atoms with E-state index in [4.69, 9.17) is 0 Å². The summed E-state index contributed by atoms with van der Waals surface area (Å²) in [5, 5.41) is 0. The van der Waals surface area contributed by atoms with Gasteiger partial charge in [0.25, 0.3) is 0 Å². The highest BCUT2D eigenvalue weighted by Crippen LogP contribution is 1.96. The van der Waals surface area contributed by atoms with Crippen LogP contribution in [0.1, 0.15) is 19.8 Å². The lowest BCUT2D eigenvalue weighted by Crippen LogP contribution is -2.17. The summed E-state index contributed by atoms with van der Waals surface area (Å²) in [6.45, 7) is 8.41. The first-order valence-electron chi connectivity index (χ1n) is 4.01. The zero-order valence-electron chi connectivity index (χ0n) is 7.82. The summed E-state index contributed by atoms with van der Waals surface area (Å²) in [5.74, 6) is 2.79. The van der Waals surface area contributed by atoms with Crippen LogP contribution < -0.4 is 0 Å². The third kappa shape index (κ3) is 7.34. The Kier molecular flexibility index (Phi) is 4.13. The molecule has 0 amide bonds. The maximum absolute atomic E-state index is 10.9. The summed E-state index contributed by atoms with van der Waals surface area (Å²) in [6.07, 6.45) is 1.51. The minimum Gasteiger partial charge on any atom is -0.285 e. The van der Waals surface area contributed by atoms with E-state index in [1.54, 1.807) is 0 Å². The Morgan fingerprint density at radius 3 is 2.27 bits per heavy atom. The molecule has 62 valence electrons. The quantitative estimate of drug-likeness (QED) is 0.456. The average Bonchev–Trinajstić information content (AvgIpc) is 1.83. The van der Waals surface area contributed by atoms with Crippen LogP contribution in [0.25, 0.3) is 0 Å². The Morgan fingerprint density at radius 2 is 1.91 bits per heavy atom. The molecule has 0 N–H and O–H groups in total. The number of carbonyl (C=O) groups excluding carboxylic acids is 1. The van der Waals surface area contributed by atoms with Crippen LogP contribution in [0.3, 0.4) is 0 Å². The molecule has 0 aromatic heterocycles. The van der Waals surface area contributed by atoms with Crippen molar-refractivity contribution in [2.24, 2.45) is 0 Å². The first-order chi connectivity index (χ1) is 4.95. The van der Waals surface area contributed by atoms with E-state index < -0.39 is 8.07 Å². The van der Waals surface area contributed by atoms with Gasteiger partial charge in [0, 0.05) is 6.42 Å². The van der Waals surface area contributed by atoms with Crippen molar-refractivity contribution in [3.05, 3.63) is 0 Å². The van der Waals surface area contributed by atoms with Gasteiger partial charge in [-0.1, -0.05) is 26.6 Å². The molecule has 0 radical (unpaired) electrons. The molecule has 11 heavy (non-hydrogen) atoms. The summed E-state index contributed by atoms with van der Waals surface area (Å²) in [5.41, 5.74) is 3.05. The van der Waals surface area contributed by atoms with E-state index >= 15 is 0 Å². The molecule has 0 aliphatic heterocycles. The molecule has 0 aromatic carbocycles. The fourth-order valence-corrected chi connectivity index (χ4v) is 1.06. The van der Waals surface area contributed by atoms with Crippen LogP contribution in [0.5, 0.6) is 0 Å². The molecule has 0 rings (SSSR count). The molecule has 0 saturated carbocycles. The Morgan fingerprint density at radius 1 is 1.36 bits per heavy atom. The lowest BCUT2D eigenvalue weighted by molar-refractivity contribution is -0.113. The molecule has 0 spiro atoms. The van der Waals surface area contributed by atoms with E-state index in [1.165, 1.54) is 0 Å². The van der Waals surface area contributed by atoms with Crippen LogP contribution in [-0.2, 0) is 4.79 Å². The van der Waals surface area contributed by atoms with Crippen molar-refractivity contribution in [2.75, 3.05) is 0 Å². The van der Waals surface area contributed by atoms with Crippen LogP contribution in [0, 0.1) is 11.5 Å². The maximum Gasteiger partial charge on any atom is 0.204 e. The number of rotatable bonds is 2. The zero-order valence-corrected chi connectivity index (χ0v) is 8.82. The summed E-state index contributed by atoms with van der Waals surface area (Å²) in [4.78, 5) is 10.9. The predicted molar refractivity (Wildman–Crippen MR) is 51.0 cm³/mol. The largest absolute Gasteiger partial charge is 0.285 e. The van der Waals surface area contributed by atoms with Gasteiger partial charge in [0.05, 0.1) is 0 Å². The summed E-state index contributed by atoms with van der Waals surface area (Å²) in [6, 6.07) is 0. The van der Waals surface area contributed by atoms with Crippen LogP contribution in [-0.4, -0.2) is 13.9 Å². The Bertz CT molecular complexity index is 190. The fourth-order valence-electron chi connectivity index (χ4n) is 0.547. The van der Waals surface area contributed by atoms with Crippen molar-refractivity contribution in [3.8, 4) is 11.5 Å². The highest BCUT2D eigenvalue weighted by molar-refractivity contribution is 6.84. The highest BCUT2D eigenvalue weighted by Gasteiger charge is 2.07. The molecule has 0 heterocycles. The highest BCUT2D eigenvalue weighted by atomic mass is 28.3. The normalized spacial score (nSPS) is 10.2. The SMILES string of the molecule is CCCC(=O)C#C[Si](C)(C)C. The minimum atomic E-state index is -1.33. The number of hydrogen-bond acceptors (Lipinski definition) is 1. The van der Waals surface area contributed by atoms with Crippen molar-refractivity contribution in [1.29, 1.82) is 0 Å². The Labute approximate surface area is 70.2 Å². The molecular formula is C9H16OSi. The zero-order chi connectivity index (χ0) is 8.91. The molecule has 0 aliphatic rings. The van der Waals surface area contributed by atoms with E-state index in [1.807, 2.05) is 6.92 Å². The van der Waals surface area contributed by atoms with Crippen molar-refractivity contribution >= 4 is 13.9 Å². The summed E-state index contributed by atoms with van der Waals surface area (Å²) in [7, 11) is -1.33. The standard InChI is InChI=1S/C9H16OSi/c1-5-6-9(10)7-8-11(2,3)4/h5-6H2,1-4H3. The van der Waals surface area contributed by atoms with Gasteiger partial charge in [-0.3, -0.25) is 4.79 Å². The number of carbonyl (C=O) groups is 1. The molecule has 0 aliphatic carbocycles. The van der Waals surface area contributed by atoms with Crippen molar-refractivity contribution in [2.45, 2.75) is 39.4 Å². The molecule has 0 fully saturated rings. The fraction of sp³-hybridized carbons (Fsp3) is 0.667. The molecule has 0 aromatic rings. The molecule has 0 unspecified atom stereocenters. The van der Waals surface area contributed by atoms with Gasteiger partial charge in [-0.05, 0) is 12.3 Å². The number of ketones is 1. The molecule has 0 atom stereocenters. The summed E-state index contributed by atoms with van der Waals surface area (Å²) >= 11 is 0. The Hall–Kier alpha value is -0.553. The van der Waals surface area contributed by atoms with Crippen LogP contribution in [0.2, 0.25) is 19.6 Å². The number of hydrogen-bond donors (Lipinski definition) is 0. The van der Waals surface area contributed by atoms with E-state index in [9.17, 15) is 4.79 Å². The van der Waals surface area contributed by atoms with Gasteiger partial charge in [-0.15, -0.1) is 5.54 Å². The van der Waals surface area contributed by atoms with Gasteiger partial charge >= 0.3 is 0 Å². The maximum atomic E-state index is 10.9. The number of Topliss-reactive ketones (excluding diaryl/α,β-unsaturated/α-hetero) is 1. The summed E-state index contributed by atoms with van der Waals surface area (Å²) < 4.78 is 0. The molecule has 1 nitrogen and oxygen atoms in total. The van der Waals surface area contributed by atoms with Gasteiger partial charge in [-0.25, -0.2) is 0 Å². The van der Waals surface area contributed by atoms with Gasteiger partial charge in [-0.2, -0.15) is 0 Å². The van der Waals surface area contributed by atoms with Crippen molar-refractivity contribution < 1.29 is 4.79 Å². The third-order valence-electron chi connectivity index (χ3n) is 1.05. The van der Waals surface area contributed by atoms with Gasteiger partial charge in [0.15, 0.2) is 0 Å². The lowest BCUT2D eigenvalue weighted by Gasteiger charge is -2.02. The van der Waals surface area contributed by atoms with Gasteiger partial charge in [0.2, 0.25) is 5.78 Å². The van der Waals surface area contributed by atoms with Crippen LogP contribution in [0.4, 0.5) is 0 Å². The minimum absolute atomic E-state index is 0.0925. The van der Waals surface area contributed by atoms with E-state index in [-0.39, 0.29) is 5.78 Å². The van der Waals surface area contributed by atoms with Gasteiger partial charge in [0.1, 0.15) is 8.07 Å². The van der Waals surface area contributed by atoms with E-state index in [0.717, 1.165) is 6.42 Å². The lowest BCUT2D eigenvalue weighted by atomic mass is 10.2. The molecule has 0 saturated heterocycles. The Balaban J connectivity index is 3.98.